The number of amides is 1. The van der Waals surface area contributed by atoms with E-state index in [9.17, 15) is 10.1 Å². The van der Waals surface area contributed by atoms with Gasteiger partial charge in [0.05, 0.1) is 12.8 Å². The van der Waals surface area contributed by atoms with E-state index >= 15 is 0 Å². The van der Waals surface area contributed by atoms with Crippen LogP contribution in [0.1, 0.15) is 11.3 Å². The van der Waals surface area contributed by atoms with Crippen molar-refractivity contribution in [2.45, 2.75) is 6.54 Å². The second-order valence-corrected chi connectivity index (χ2v) is 7.55. The van der Waals surface area contributed by atoms with Gasteiger partial charge in [0.15, 0.2) is 0 Å². The zero-order valence-corrected chi connectivity index (χ0v) is 18.1. The van der Waals surface area contributed by atoms with Crippen LogP contribution in [0.25, 0.3) is 6.08 Å². The van der Waals surface area contributed by atoms with Crippen LogP contribution in [0.3, 0.4) is 0 Å². The maximum atomic E-state index is 12.7. The topological polar surface area (TPSA) is 67.0 Å². The molecule has 30 heavy (non-hydrogen) atoms. The second kappa shape index (κ2) is 9.73. The van der Waals surface area contributed by atoms with Gasteiger partial charge >= 0.3 is 0 Å². The van der Waals surface area contributed by atoms with Crippen LogP contribution in [0.2, 0.25) is 15.1 Å². The standard InChI is InChI=1S/C22H16Cl3N3O2/c1-30-21-7-6-17(24)11-20(21)27-22(29)15(12-26)9-18-3-2-8-28(18)13-14-4-5-16(23)10-19(14)25/h2-11H,13H2,1H3,(H,27,29)/b15-9+. The van der Waals surface area contributed by atoms with E-state index in [0.717, 1.165) is 5.56 Å². The minimum atomic E-state index is -0.574. The van der Waals surface area contributed by atoms with Gasteiger partial charge in [-0.15, -0.1) is 0 Å². The molecule has 0 aliphatic carbocycles. The molecule has 0 spiro atoms. The molecule has 0 atom stereocenters. The maximum absolute atomic E-state index is 12.7. The summed E-state index contributed by atoms with van der Waals surface area (Å²) in [6.45, 7) is 0.456. The molecular formula is C22H16Cl3N3O2. The zero-order valence-electron chi connectivity index (χ0n) is 15.8. The van der Waals surface area contributed by atoms with Gasteiger partial charge < -0.3 is 14.6 Å². The number of aromatic nitrogens is 1. The van der Waals surface area contributed by atoms with E-state index < -0.39 is 5.91 Å². The first-order valence-electron chi connectivity index (χ1n) is 8.77. The van der Waals surface area contributed by atoms with Crippen molar-refractivity contribution in [2.75, 3.05) is 12.4 Å². The maximum Gasteiger partial charge on any atom is 0.266 e. The molecule has 0 bridgehead atoms. The van der Waals surface area contributed by atoms with E-state index in [1.165, 1.54) is 13.2 Å². The Balaban J connectivity index is 1.85. The van der Waals surface area contributed by atoms with Gasteiger partial charge in [0.25, 0.3) is 5.91 Å². The quantitative estimate of drug-likeness (QED) is 0.359. The van der Waals surface area contributed by atoms with E-state index in [2.05, 4.69) is 5.32 Å². The summed E-state index contributed by atoms with van der Waals surface area (Å²) in [7, 11) is 1.48. The van der Waals surface area contributed by atoms with Gasteiger partial charge in [0.2, 0.25) is 0 Å². The molecule has 0 unspecified atom stereocenters. The Bertz CT molecular complexity index is 1160. The summed E-state index contributed by atoms with van der Waals surface area (Å²) in [5.41, 5.74) is 1.84. The average molecular weight is 461 g/mol. The molecule has 0 radical (unpaired) electrons. The third-order valence-corrected chi connectivity index (χ3v) is 5.11. The van der Waals surface area contributed by atoms with Crippen LogP contribution in [0.5, 0.6) is 5.75 Å². The van der Waals surface area contributed by atoms with Gasteiger partial charge in [-0.05, 0) is 54.1 Å². The molecule has 0 saturated heterocycles. The van der Waals surface area contributed by atoms with Gasteiger partial charge in [-0.2, -0.15) is 5.26 Å². The summed E-state index contributed by atoms with van der Waals surface area (Å²) in [6.07, 6.45) is 3.35. The van der Waals surface area contributed by atoms with Gasteiger partial charge in [-0.1, -0.05) is 40.9 Å². The normalized spacial score (nSPS) is 11.1. The van der Waals surface area contributed by atoms with Crippen molar-refractivity contribution in [2.24, 2.45) is 0 Å². The highest BCUT2D eigenvalue weighted by molar-refractivity contribution is 6.35. The van der Waals surface area contributed by atoms with Crippen LogP contribution in [0.4, 0.5) is 5.69 Å². The Morgan fingerprint density at radius 2 is 1.90 bits per heavy atom. The fourth-order valence-electron chi connectivity index (χ4n) is 2.80. The van der Waals surface area contributed by atoms with E-state index in [-0.39, 0.29) is 5.57 Å². The Morgan fingerprint density at radius 3 is 2.60 bits per heavy atom. The number of hydrogen-bond acceptors (Lipinski definition) is 3. The Kier molecular flexibility index (Phi) is 7.07. The number of methoxy groups -OCH3 is 1. The summed E-state index contributed by atoms with van der Waals surface area (Å²) in [4.78, 5) is 12.7. The van der Waals surface area contributed by atoms with Crippen molar-refractivity contribution in [3.05, 3.63) is 86.6 Å². The molecule has 1 N–H and O–H groups in total. The van der Waals surface area contributed by atoms with Crippen LogP contribution in [-0.4, -0.2) is 17.6 Å². The summed E-state index contributed by atoms with van der Waals surface area (Å²) >= 11 is 18.2. The minimum absolute atomic E-state index is 0.0702. The predicted octanol–water partition coefficient (Wildman–Crippen LogP) is 6.05. The number of ether oxygens (including phenoxy) is 1. The van der Waals surface area contributed by atoms with E-state index in [1.807, 2.05) is 29.0 Å². The first-order chi connectivity index (χ1) is 14.4. The highest BCUT2D eigenvalue weighted by Gasteiger charge is 2.14. The molecule has 0 fully saturated rings. The third kappa shape index (κ3) is 5.17. The van der Waals surface area contributed by atoms with Crippen molar-refractivity contribution in [1.29, 1.82) is 5.26 Å². The molecule has 2 aromatic carbocycles. The monoisotopic (exact) mass is 459 g/mol. The number of nitrogens with one attached hydrogen (secondary N) is 1. The first kappa shape index (κ1) is 21.8. The summed E-state index contributed by atoms with van der Waals surface area (Å²) in [5.74, 6) is -0.138. The van der Waals surface area contributed by atoms with Crippen LogP contribution < -0.4 is 10.1 Å². The SMILES string of the molecule is COc1ccc(Cl)cc1NC(=O)/C(C#N)=C/c1cccn1Cc1ccc(Cl)cc1Cl. The van der Waals surface area contributed by atoms with Crippen molar-refractivity contribution in [1.82, 2.24) is 4.57 Å². The summed E-state index contributed by atoms with van der Waals surface area (Å²) in [5, 5.41) is 13.7. The number of benzene rings is 2. The number of anilines is 1. The van der Waals surface area contributed by atoms with Crippen LogP contribution in [0.15, 0.2) is 60.3 Å². The Morgan fingerprint density at radius 1 is 1.17 bits per heavy atom. The third-order valence-electron chi connectivity index (χ3n) is 4.29. The Labute approximate surface area is 189 Å². The average Bonchev–Trinajstić information content (AvgIpc) is 3.15. The largest absolute Gasteiger partial charge is 0.495 e. The van der Waals surface area contributed by atoms with E-state index in [4.69, 9.17) is 39.5 Å². The van der Waals surface area contributed by atoms with Crippen molar-refractivity contribution >= 4 is 52.5 Å². The molecule has 0 saturated carbocycles. The number of carbonyl (C=O) groups excluding carboxylic acids is 1. The molecule has 1 amide bonds. The van der Waals surface area contributed by atoms with Gasteiger partial charge in [0.1, 0.15) is 17.4 Å². The van der Waals surface area contributed by atoms with Crippen LogP contribution >= 0.6 is 34.8 Å². The van der Waals surface area contributed by atoms with Crippen LogP contribution in [0, 0.1) is 11.3 Å². The fourth-order valence-corrected chi connectivity index (χ4v) is 3.44. The molecule has 152 valence electrons. The summed E-state index contributed by atoms with van der Waals surface area (Å²) in [6, 6.07) is 15.7. The minimum Gasteiger partial charge on any atom is -0.495 e. The van der Waals surface area contributed by atoms with Crippen molar-refractivity contribution < 1.29 is 9.53 Å². The first-order valence-corrected chi connectivity index (χ1v) is 9.90. The molecule has 3 rings (SSSR count). The number of rotatable bonds is 6. The summed E-state index contributed by atoms with van der Waals surface area (Å²) < 4.78 is 7.10. The lowest BCUT2D eigenvalue weighted by molar-refractivity contribution is -0.112. The highest BCUT2D eigenvalue weighted by atomic mass is 35.5. The molecule has 0 aliphatic heterocycles. The van der Waals surface area contributed by atoms with E-state index in [1.54, 1.807) is 36.4 Å². The lowest BCUT2D eigenvalue weighted by atomic mass is 10.2. The van der Waals surface area contributed by atoms with Crippen molar-refractivity contribution in [3.8, 4) is 11.8 Å². The molecule has 0 aliphatic rings. The van der Waals surface area contributed by atoms with Gasteiger partial charge in [-0.3, -0.25) is 4.79 Å². The van der Waals surface area contributed by atoms with E-state index in [0.29, 0.717) is 38.7 Å². The number of nitrogens with zero attached hydrogens (tertiary/aromatic N) is 2. The fraction of sp³-hybridized carbons (Fsp3) is 0.0909. The molecular weight excluding hydrogens is 445 g/mol. The number of carbonyl (C=O) groups is 1. The van der Waals surface area contributed by atoms with Crippen LogP contribution in [-0.2, 0) is 11.3 Å². The lowest BCUT2D eigenvalue weighted by Gasteiger charge is -2.11. The van der Waals surface area contributed by atoms with Crippen molar-refractivity contribution in [3.63, 3.8) is 0 Å². The highest BCUT2D eigenvalue weighted by Crippen LogP contribution is 2.28. The smallest absolute Gasteiger partial charge is 0.266 e. The molecule has 3 aromatic rings. The molecule has 1 aromatic heterocycles. The number of nitriles is 1. The molecule has 8 heteroatoms. The number of hydrogen-bond donors (Lipinski definition) is 1. The zero-order chi connectivity index (χ0) is 21.7. The molecule has 5 nitrogen and oxygen atoms in total. The Hall–Kier alpha value is -2.91. The van der Waals surface area contributed by atoms with Gasteiger partial charge in [-0.25, -0.2) is 0 Å². The predicted molar refractivity (Wildman–Crippen MR) is 120 cm³/mol. The van der Waals surface area contributed by atoms with Gasteiger partial charge in [0, 0.05) is 33.5 Å². The molecule has 1 heterocycles. The lowest BCUT2D eigenvalue weighted by Crippen LogP contribution is -2.14. The number of halogens is 3. The second-order valence-electron chi connectivity index (χ2n) is 6.27.